The van der Waals surface area contributed by atoms with Crippen LogP contribution in [0, 0.1) is 37.4 Å². The van der Waals surface area contributed by atoms with Gasteiger partial charge >= 0.3 is 0 Å². The number of nitrogens with two attached hydrogens (primary N) is 1. The van der Waals surface area contributed by atoms with Crippen molar-refractivity contribution in [2.24, 2.45) is 23.5 Å². The first-order chi connectivity index (χ1) is 9.43. The molecule has 3 atom stereocenters. The lowest BCUT2D eigenvalue weighted by Gasteiger charge is -2.38. The van der Waals surface area contributed by atoms with Crippen molar-refractivity contribution in [2.45, 2.75) is 52.9 Å². The molecule has 2 rings (SSSR count). The van der Waals surface area contributed by atoms with E-state index in [9.17, 15) is 4.39 Å². The van der Waals surface area contributed by atoms with E-state index in [2.05, 4.69) is 19.9 Å². The van der Waals surface area contributed by atoms with Crippen LogP contribution in [0.5, 0.6) is 0 Å². The van der Waals surface area contributed by atoms with Crippen LogP contribution >= 0.6 is 0 Å². The molecule has 0 amide bonds. The summed E-state index contributed by atoms with van der Waals surface area (Å²) in [7, 11) is 0. The van der Waals surface area contributed by atoms with E-state index in [1.807, 2.05) is 13.8 Å². The summed E-state index contributed by atoms with van der Waals surface area (Å²) >= 11 is 0. The minimum absolute atomic E-state index is 0.0321. The third kappa shape index (κ3) is 3.06. The van der Waals surface area contributed by atoms with Gasteiger partial charge in [-0.15, -0.1) is 0 Å². The van der Waals surface area contributed by atoms with Crippen molar-refractivity contribution in [3.8, 4) is 0 Å². The van der Waals surface area contributed by atoms with Crippen LogP contribution in [-0.4, -0.2) is 6.54 Å². The van der Waals surface area contributed by atoms with Crippen molar-refractivity contribution in [2.75, 3.05) is 6.54 Å². The van der Waals surface area contributed by atoms with Gasteiger partial charge in [0.2, 0.25) is 0 Å². The highest BCUT2D eigenvalue weighted by Gasteiger charge is 2.34. The molecule has 2 heteroatoms. The molecule has 2 N–H and O–H groups in total. The maximum atomic E-state index is 14.5. The fourth-order valence-corrected chi connectivity index (χ4v) is 3.90. The van der Waals surface area contributed by atoms with Gasteiger partial charge in [-0.25, -0.2) is 4.39 Å². The standard InChI is InChI=1S/C18H28FN/c1-11(2)14-5-6-15(10-20)16(9-14)18-13(4)7-12(3)8-17(18)19/h7-8,11,14-16H,5-6,9-10,20H2,1-4H3. The van der Waals surface area contributed by atoms with Gasteiger partial charge in [0, 0.05) is 0 Å². The van der Waals surface area contributed by atoms with Crippen molar-refractivity contribution in [3.05, 3.63) is 34.6 Å². The third-order valence-corrected chi connectivity index (χ3v) is 5.13. The Balaban J connectivity index is 2.36. The van der Waals surface area contributed by atoms with E-state index in [0.717, 1.165) is 29.5 Å². The van der Waals surface area contributed by atoms with Crippen LogP contribution < -0.4 is 5.73 Å². The second-order valence-electron chi connectivity index (χ2n) is 6.90. The molecule has 1 aromatic carbocycles. The van der Waals surface area contributed by atoms with Gasteiger partial charge in [0.25, 0.3) is 0 Å². The predicted octanol–water partition coefficient (Wildman–Crippen LogP) is 4.56. The van der Waals surface area contributed by atoms with Crippen LogP contribution in [0.15, 0.2) is 12.1 Å². The highest BCUT2D eigenvalue weighted by atomic mass is 19.1. The van der Waals surface area contributed by atoms with Crippen molar-refractivity contribution in [1.82, 2.24) is 0 Å². The minimum atomic E-state index is -0.0321. The van der Waals surface area contributed by atoms with Crippen LogP contribution in [0.2, 0.25) is 0 Å². The monoisotopic (exact) mass is 277 g/mol. The Morgan fingerprint density at radius 2 is 1.95 bits per heavy atom. The largest absolute Gasteiger partial charge is 0.330 e. The summed E-state index contributed by atoms with van der Waals surface area (Å²) in [5.74, 6) is 2.06. The SMILES string of the molecule is Cc1cc(C)c(C2CC(C(C)C)CCC2CN)c(F)c1. The maximum Gasteiger partial charge on any atom is 0.127 e. The molecule has 0 spiro atoms. The molecule has 0 heterocycles. The van der Waals surface area contributed by atoms with Gasteiger partial charge in [0.15, 0.2) is 0 Å². The summed E-state index contributed by atoms with van der Waals surface area (Å²) in [6.07, 6.45) is 3.46. The quantitative estimate of drug-likeness (QED) is 0.861. The summed E-state index contributed by atoms with van der Waals surface area (Å²) in [5.41, 5.74) is 8.98. The van der Waals surface area contributed by atoms with Gasteiger partial charge < -0.3 is 5.73 Å². The summed E-state index contributed by atoms with van der Waals surface area (Å²) in [5, 5.41) is 0. The van der Waals surface area contributed by atoms with Crippen LogP contribution in [0.1, 0.15) is 55.7 Å². The lowest BCUT2D eigenvalue weighted by Crippen LogP contribution is -2.31. The lowest BCUT2D eigenvalue weighted by atomic mass is 9.67. The Kier molecular flexibility index (Phi) is 4.85. The molecule has 1 aliphatic rings. The molecule has 0 aromatic heterocycles. The Bertz CT molecular complexity index is 443. The van der Waals surface area contributed by atoms with Crippen molar-refractivity contribution in [3.63, 3.8) is 0 Å². The molecular weight excluding hydrogens is 249 g/mol. The normalized spacial score (nSPS) is 27.1. The van der Waals surface area contributed by atoms with Gasteiger partial charge in [-0.3, -0.25) is 0 Å². The van der Waals surface area contributed by atoms with Gasteiger partial charge in [0.05, 0.1) is 0 Å². The molecule has 1 saturated carbocycles. The number of rotatable bonds is 3. The predicted molar refractivity (Wildman–Crippen MR) is 83.3 cm³/mol. The van der Waals surface area contributed by atoms with Gasteiger partial charge in [-0.05, 0) is 86.1 Å². The van der Waals surface area contributed by atoms with Crippen LogP contribution in [-0.2, 0) is 0 Å². The average molecular weight is 277 g/mol. The highest BCUT2D eigenvalue weighted by Crippen LogP contribution is 2.44. The Morgan fingerprint density at radius 1 is 1.25 bits per heavy atom. The molecular formula is C18H28FN. The van der Waals surface area contributed by atoms with Crippen molar-refractivity contribution >= 4 is 0 Å². The molecule has 3 unspecified atom stereocenters. The average Bonchev–Trinajstić information content (AvgIpc) is 2.37. The second kappa shape index (κ2) is 6.26. The Hall–Kier alpha value is -0.890. The van der Waals surface area contributed by atoms with E-state index in [4.69, 9.17) is 5.73 Å². The molecule has 20 heavy (non-hydrogen) atoms. The van der Waals surface area contributed by atoms with E-state index >= 15 is 0 Å². The maximum absolute atomic E-state index is 14.5. The topological polar surface area (TPSA) is 26.0 Å². The first-order valence-electron chi connectivity index (χ1n) is 7.90. The van der Waals surface area contributed by atoms with Gasteiger partial charge in [-0.2, -0.15) is 0 Å². The zero-order valence-corrected chi connectivity index (χ0v) is 13.2. The zero-order chi connectivity index (χ0) is 14.9. The molecule has 1 fully saturated rings. The van der Waals surface area contributed by atoms with E-state index in [0.29, 0.717) is 30.2 Å². The molecule has 0 saturated heterocycles. The molecule has 1 aliphatic carbocycles. The van der Waals surface area contributed by atoms with Gasteiger partial charge in [0.1, 0.15) is 5.82 Å². The number of benzene rings is 1. The summed E-state index contributed by atoms with van der Waals surface area (Å²) < 4.78 is 14.5. The fourth-order valence-electron chi connectivity index (χ4n) is 3.90. The second-order valence-corrected chi connectivity index (χ2v) is 6.90. The summed E-state index contributed by atoms with van der Waals surface area (Å²) in [6.45, 7) is 9.23. The van der Waals surface area contributed by atoms with E-state index in [1.165, 1.54) is 6.42 Å². The molecule has 0 bridgehead atoms. The lowest BCUT2D eigenvalue weighted by molar-refractivity contribution is 0.194. The molecule has 1 nitrogen and oxygen atoms in total. The number of halogens is 1. The third-order valence-electron chi connectivity index (χ3n) is 5.13. The molecule has 0 aliphatic heterocycles. The van der Waals surface area contributed by atoms with Crippen LogP contribution in [0.3, 0.4) is 0 Å². The smallest absolute Gasteiger partial charge is 0.127 e. The summed E-state index contributed by atoms with van der Waals surface area (Å²) in [4.78, 5) is 0. The molecule has 1 aromatic rings. The first kappa shape index (κ1) is 15.5. The Morgan fingerprint density at radius 3 is 2.50 bits per heavy atom. The van der Waals surface area contributed by atoms with E-state index in [1.54, 1.807) is 6.07 Å². The first-order valence-corrected chi connectivity index (χ1v) is 7.90. The highest BCUT2D eigenvalue weighted by molar-refractivity contribution is 5.35. The fraction of sp³-hybridized carbons (Fsp3) is 0.667. The molecule has 0 radical (unpaired) electrons. The van der Waals surface area contributed by atoms with Crippen LogP contribution in [0.4, 0.5) is 4.39 Å². The van der Waals surface area contributed by atoms with Crippen LogP contribution in [0.25, 0.3) is 0 Å². The Labute approximate surface area is 122 Å². The van der Waals surface area contributed by atoms with Crippen molar-refractivity contribution < 1.29 is 4.39 Å². The molecule has 112 valence electrons. The number of hydrogen-bond acceptors (Lipinski definition) is 1. The van der Waals surface area contributed by atoms with E-state index in [-0.39, 0.29) is 5.82 Å². The number of hydrogen-bond donors (Lipinski definition) is 1. The van der Waals surface area contributed by atoms with Crippen molar-refractivity contribution in [1.29, 1.82) is 0 Å². The van der Waals surface area contributed by atoms with Gasteiger partial charge in [-0.1, -0.05) is 19.9 Å². The number of aryl methyl sites for hydroxylation is 2. The minimum Gasteiger partial charge on any atom is -0.330 e. The van der Waals surface area contributed by atoms with E-state index < -0.39 is 0 Å². The summed E-state index contributed by atoms with van der Waals surface area (Å²) in [6, 6.07) is 3.78. The zero-order valence-electron chi connectivity index (χ0n) is 13.2.